The molecule has 1 heterocycles. The van der Waals surface area contributed by atoms with E-state index in [2.05, 4.69) is 62.3 Å². The van der Waals surface area contributed by atoms with Crippen LogP contribution >= 0.6 is 0 Å². The van der Waals surface area contributed by atoms with Crippen LogP contribution < -0.4 is 5.32 Å². The van der Waals surface area contributed by atoms with Gasteiger partial charge in [-0.15, -0.1) is 0 Å². The number of hydrogen-bond acceptors (Lipinski definition) is 2. The Kier molecular flexibility index (Phi) is 5.00. The lowest BCUT2D eigenvalue weighted by Gasteiger charge is -2.36. The van der Waals surface area contributed by atoms with Gasteiger partial charge in [0.2, 0.25) is 0 Å². The second-order valence-corrected chi connectivity index (χ2v) is 6.16. The average Bonchev–Trinajstić information content (AvgIpc) is 2.46. The number of likely N-dealkylation sites (N-methyl/N-ethyl adjacent to an activating group) is 1. The molecule has 2 atom stereocenters. The Morgan fingerprint density at radius 1 is 1.11 bits per heavy atom. The van der Waals surface area contributed by atoms with Gasteiger partial charge in [-0.1, -0.05) is 38.1 Å². The molecule has 1 aromatic carbocycles. The van der Waals surface area contributed by atoms with Crippen molar-refractivity contribution in [1.29, 1.82) is 0 Å². The summed E-state index contributed by atoms with van der Waals surface area (Å²) in [5, 5.41) is 3.50. The van der Waals surface area contributed by atoms with Crippen molar-refractivity contribution in [2.24, 2.45) is 0 Å². The lowest BCUT2D eigenvalue weighted by molar-refractivity contribution is 0.156. The normalized spacial score (nSPS) is 21.9. The van der Waals surface area contributed by atoms with E-state index >= 15 is 0 Å². The molecule has 0 bridgehead atoms. The molecule has 1 aromatic rings. The van der Waals surface area contributed by atoms with Gasteiger partial charge in [0.1, 0.15) is 0 Å². The van der Waals surface area contributed by atoms with Gasteiger partial charge in [-0.2, -0.15) is 0 Å². The third-order valence-corrected chi connectivity index (χ3v) is 4.54. The Bertz CT molecular complexity index is 377. The summed E-state index contributed by atoms with van der Waals surface area (Å²) in [7, 11) is 2.26. The SMILES string of the molecule is CC(C)c1ccc(C(C)N(C)C2CCCNC2)cc1. The first-order valence-electron chi connectivity index (χ1n) is 7.62. The molecule has 0 aliphatic carbocycles. The Labute approximate surface area is 118 Å². The molecule has 0 amide bonds. The number of rotatable bonds is 4. The van der Waals surface area contributed by atoms with Gasteiger partial charge < -0.3 is 5.32 Å². The maximum Gasteiger partial charge on any atom is 0.0320 e. The minimum absolute atomic E-state index is 0.492. The molecule has 0 radical (unpaired) electrons. The molecule has 0 aromatic heterocycles. The first kappa shape index (κ1) is 14.5. The van der Waals surface area contributed by atoms with Crippen molar-refractivity contribution in [1.82, 2.24) is 10.2 Å². The van der Waals surface area contributed by atoms with Crippen molar-refractivity contribution in [3.05, 3.63) is 35.4 Å². The lowest BCUT2D eigenvalue weighted by Crippen LogP contribution is -2.45. The zero-order valence-electron chi connectivity index (χ0n) is 12.8. The van der Waals surface area contributed by atoms with Gasteiger partial charge in [-0.05, 0) is 50.4 Å². The van der Waals surface area contributed by atoms with Crippen LogP contribution in [0.25, 0.3) is 0 Å². The smallest absolute Gasteiger partial charge is 0.0320 e. The summed E-state index contributed by atoms with van der Waals surface area (Å²) in [6.07, 6.45) is 2.62. The second kappa shape index (κ2) is 6.53. The highest BCUT2D eigenvalue weighted by Gasteiger charge is 2.22. The Morgan fingerprint density at radius 2 is 1.74 bits per heavy atom. The van der Waals surface area contributed by atoms with Crippen molar-refractivity contribution < 1.29 is 0 Å². The molecule has 2 nitrogen and oxygen atoms in total. The number of nitrogens with zero attached hydrogens (tertiary/aromatic N) is 1. The Morgan fingerprint density at radius 3 is 2.26 bits per heavy atom. The van der Waals surface area contributed by atoms with E-state index < -0.39 is 0 Å². The highest BCUT2D eigenvalue weighted by atomic mass is 15.2. The summed E-state index contributed by atoms with van der Waals surface area (Å²) in [6.45, 7) is 9.13. The molecule has 1 aliphatic heterocycles. The Balaban J connectivity index is 2.03. The molecule has 1 fully saturated rings. The minimum atomic E-state index is 0.492. The maximum atomic E-state index is 3.50. The quantitative estimate of drug-likeness (QED) is 0.890. The summed E-state index contributed by atoms with van der Waals surface area (Å²) in [5.41, 5.74) is 2.86. The van der Waals surface area contributed by atoms with Crippen molar-refractivity contribution >= 4 is 0 Å². The van der Waals surface area contributed by atoms with Crippen molar-refractivity contribution in [3.8, 4) is 0 Å². The van der Waals surface area contributed by atoms with Gasteiger partial charge in [0, 0.05) is 18.6 Å². The van der Waals surface area contributed by atoms with Crippen LogP contribution in [0.1, 0.15) is 56.7 Å². The zero-order chi connectivity index (χ0) is 13.8. The lowest BCUT2D eigenvalue weighted by atomic mass is 9.97. The van der Waals surface area contributed by atoms with E-state index in [9.17, 15) is 0 Å². The van der Waals surface area contributed by atoms with Crippen LogP contribution in [-0.2, 0) is 0 Å². The molecule has 2 rings (SSSR count). The fourth-order valence-corrected chi connectivity index (χ4v) is 2.89. The first-order valence-corrected chi connectivity index (χ1v) is 7.62. The van der Waals surface area contributed by atoms with E-state index in [4.69, 9.17) is 0 Å². The molecule has 0 saturated carbocycles. The highest BCUT2D eigenvalue weighted by Crippen LogP contribution is 2.25. The summed E-state index contributed by atoms with van der Waals surface area (Å²) in [6, 6.07) is 10.3. The van der Waals surface area contributed by atoms with Crippen LogP contribution in [0.3, 0.4) is 0 Å². The molecule has 19 heavy (non-hydrogen) atoms. The molecule has 0 spiro atoms. The van der Waals surface area contributed by atoms with Crippen molar-refractivity contribution in [2.45, 2.75) is 51.6 Å². The number of hydrogen-bond donors (Lipinski definition) is 1. The fourth-order valence-electron chi connectivity index (χ4n) is 2.89. The molecule has 2 heteroatoms. The number of piperidine rings is 1. The summed E-state index contributed by atoms with van der Waals surface area (Å²) >= 11 is 0. The summed E-state index contributed by atoms with van der Waals surface area (Å²) in [4.78, 5) is 2.52. The third-order valence-electron chi connectivity index (χ3n) is 4.54. The van der Waals surface area contributed by atoms with E-state index in [0.29, 0.717) is 18.0 Å². The van der Waals surface area contributed by atoms with Crippen LogP contribution in [-0.4, -0.2) is 31.1 Å². The monoisotopic (exact) mass is 260 g/mol. The van der Waals surface area contributed by atoms with Crippen LogP contribution in [0, 0.1) is 0 Å². The molecule has 1 N–H and O–H groups in total. The van der Waals surface area contributed by atoms with Gasteiger partial charge in [-0.25, -0.2) is 0 Å². The van der Waals surface area contributed by atoms with Crippen LogP contribution in [0.5, 0.6) is 0 Å². The second-order valence-electron chi connectivity index (χ2n) is 6.16. The van der Waals surface area contributed by atoms with Crippen LogP contribution in [0.4, 0.5) is 0 Å². The minimum Gasteiger partial charge on any atom is -0.315 e. The van der Waals surface area contributed by atoms with Crippen molar-refractivity contribution in [2.75, 3.05) is 20.1 Å². The van der Waals surface area contributed by atoms with Gasteiger partial charge in [0.15, 0.2) is 0 Å². The van der Waals surface area contributed by atoms with Gasteiger partial charge >= 0.3 is 0 Å². The van der Waals surface area contributed by atoms with Gasteiger partial charge in [-0.3, -0.25) is 4.90 Å². The number of nitrogens with one attached hydrogen (secondary N) is 1. The molecule has 106 valence electrons. The molecule has 2 unspecified atom stereocenters. The third kappa shape index (κ3) is 3.58. The highest BCUT2D eigenvalue weighted by molar-refractivity contribution is 5.26. The Hall–Kier alpha value is -0.860. The molecule has 1 aliphatic rings. The van der Waals surface area contributed by atoms with Gasteiger partial charge in [0.05, 0.1) is 0 Å². The molecule has 1 saturated heterocycles. The van der Waals surface area contributed by atoms with E-state index in [1.165, 1.54) is 30.5 Å². The molecular formula is C17H28N2. The fraction of sp³-hybridized carbons (Fsp3) is 0.647. The largest absolute Gasteiger partial charge is 0.315 e. The molecular weight excluding hydrogens is 232 g/mol. The van der Waals surface area contributed by atoms with Crippen LogP contribution in [0.2, 0.25) is 0 Å². The van der Waals surface area contributed by atoms with E-state index in [1.54, 1.807) is 0 Å². The van der Waals surface area contributed by atoms with E-state index in [1.807, 2.05) is 0 Å². The number of benzene rings is 1. The summed E-state index contributed by atoms with van der Waals surface area (Å²) in [5.74, 6) is 0.615. The van der Waals surface area contributed by atoms with Crippen molar-refractivity contribution in [3.63, 3.8) is 0 Å². The van der Waals surface area contributed by atoms with Gasteiger partial charge in [0.25, 0.3) is 0 Å². The predicted octanol–water partition coefficient (Wildman–Crippen LogP) is 3.55. The summed E-state index contributed by atoms with van der Waals surface area (Å²) < 4.78 is 0. The maximum absolute atomic E-state index is 3.50. The first-order chi connectivity index (χ1) is 9.09. The zero-order valence-corrected chi connectivity index (χ0v) is 12.8. The predicted molar refractivity (Wildman–Crippen MR) is 82.6 cm³/mol. The topological polar surface area (TPSA) is 15.3 Å². The average molecular weight is 260 g/mol. The van der Waals surface area contributed by atoms with Crippen LogP contribution in [0.15, 0.2) is 24.3 Å². The standard InChI is InChI=1S/C17H28N2/c1-13(2)15-7-9-16(10-8-15)14(3)19(4)17-6-5-11-18-12-17/h7-10,13-14,17-18H,5-6,11-12H2,1-4H3. The van der Waals surface area contributed by atoms with E-state index in [-0.39, 0.29) is 0 Å². The van der Waals surface area contributed by atoms with E-state index in [0.717, 1.165) is 6.54 Å².